The van der Waals surface area contributed by atoms with Crippen LogP contribution in [0.1, 0.15) is 50.5 Å². The van der Waals surface area contributed by atoms with Crippen LogP contribution < -0.4 is 10.2 Å². The number of halogens is 1. The number of aromatic nitrogens is 2. The van der Waals surface area contributed by atoms with Crippen molar-refractivity contribution in [2.24, 2.45) is 5.92 Å². The van der Waals surface area contributed by atoms with Crippen molar-refractivity contribution < 1.29 is 23.4 Å². The van der Waals surface area contributed by atoms with Crippen molar-refractivity contribution in [3.8, 4) is 0 Å². The normalized spacial score (nSPS) is 17.6. The standard InChI is InChI=1S/C25H24FN5O4/c1-15-20(29-35-28-15)12-27-23(32)17-6-4-10-30(14-17)21-9-3-8-19-22(21)25(34)31(24(19)33)13-16-5-2-7-18(26)11-16/h2-3,5,7-9,11,17H,4,6,10,12-14H2,1H3,(H,27,32). The van der Waals surface area contributed by atoms with Gasteiger partial charge in [-0.25, -0.2) is 9.02 Å². The minimum atomic E-state index is -0.424. The lowest BCUT2D eigenvalue weighted by Gasteiger charge is -2.34. The first-order valence-electron chi connectivity index (χ1n) is 11.5. The highest BCUT2D eigenvalue weighted by molar-refractivity contribution is 6.23. The van der Waals surface area contributed by atoms with E-state index in [1.807, 2.05) is 4.90 Å². The van der Waals surface area contributed by atoms with Gasteiger partial charge in [0.2, 0.25) is 5.91 Å². The number of amides is 3. The molecule has 2 aliphatic rings. The van der Waals surface area contributed by atoms with Crippen molar-refractivity contribution in [1.29, 1.82) is 0 Å². The summed E-state index contributed by atoms with van der Waals surface area (Å²) in [5, 5.41) is 10.4. The fourth-order valence-corrected chi connectivity index (χ4v) is 4.68. The second-order valence-electron chi connectivity index (χ2n) is 8.83. The summed E-state index contributed by atoms with van der Waals surface area (Å²) in [6, 6.07) is 11.0. The molecular weight excluding hydrogens is 453 g/mol. The molecule has 1 unspecified atom stereocenters. The van der Waals surface area contributed by atoms with Crippen molar-refractivity contribution in [3.05, 3.63) is 76.4 Å². The third-order valence-electron chi connectivity index (χ3n) is 6.52. The van der Waals surface area contributed by atoms with Crippen molar-refractivity contribution >= 4 is 23.4 Å². The molecule has 0 saturated carbocycles. The van der Waals surface area contributed by atoms with E-state index in [-0.39, 0.29) is 24.9 Å². The van der Waals surface area contributed by atoms with Gasteiger partial charge < -0.3 is 10.2 Å². The first-order valence-corrected chi connectivity index (χ1v) is 11.5. The second-order valence-corrected chi connectivity index (χ2v) is 8.83. The van der Waals surface area contributed by atoms with E-state index in [9.17, 15) is 18.8 Å². The summed E-state index contributed by atoms with van der Waals surface area (Å²) in [5.41, 5.74) is 3.03. The fourth-order valence-electron chi connectivity index (χ4n) is 4.68. The zero-order valence-corrected chi connectivity index (χ0v) is 19.2. The van der Waals surface area contributed by atoms with Crippen molar-refractivity contribution in [2.75, 3.05) is 18.0 Å². The van der Waals surface area contributed by atoms with E-state index in [1.165, 1.54) is 12.1 Å². The maximum atomic E-state index is 13.6. The molecule has 2 aliphatic heterocycles. The van der Waals surface area contributed by atoms with Gasteiger partial charge in [-0.3, -0.25) is 19.3 Å². The SMILES string of the molecule is Cc1nonc1CNC(=O)C1CCCN(c2cccc3c2C(=O)N(Cc2cccc(F)c2)C3=O)C1. The molecule has 0 bridgehead atoms. The van der Waals surface area contributed by atoms with Crippen molar-refractivity contribution in [3.63, 3.8) is 0 Å². The number of carbonyl (C=O) groups excluding carboxylic acids is 3. The van der Waals surface area contributed by atoms with Gasteiger partial charge in [-0.15, -0.1) is 0 Å². The molecule has 10 heteroatoms. The molecule has 3 amide bonds. The predicted octanol–water partition coefficient (Wildman–Crippen LogP) is 2.85. The third kappa shape index (κ3) is 4.39. The van der Waals surface area contributed by atoms with Gasteiger partial charge in [0.05, 0.1) is 35.8 Å². The first-order chi connectivity index (χ1) is 16.9. The molecule has 0 radical (unpaired) electrons. The van der Waals surface area contributed by atoms with Gasteiger partial charge >= 0.3 is 0 Å². The zero-order valence-electron chi connectivity index (χ0n) is 19.2. The van der Waals surface area contributed by atoms with Crippen LogP contribution in [-0.4, -0.2) is 46.0 Å². The highest BCUT2D eigenvalue weighted by Crippen LogP contribution is 2.34. The molecule has 9 nitrogen and oxygen atoms in total. The molecular formula is C25H24FN5O4. The molecule has 5 rings (SSSR count). The monoisotopic (exact) mass is 477 g/mol. The summed E-state index contributed by atoms with van der Waals surface area (Å²) in [7, 11) is 0. The molecule has 1 N–H and O–H groups in total. The van der Waals surface area contributed by atoms with Crippen LogP contribution in [0.3, 0.4) is 0 Å². The molecule has 1 fully saturated rings. The molecule has 2 aromatic carbocycles. The molecule has 35 heavy (non-hydrogen) atoms. The van der Waals surface area contributed by atoms with Crippen LogP contribution in [0.2, 0.25) is 0 Å². The quantitative estimate of drug-likeness (QED) is 0.544. The van der Waals surface area contributed by atoms with Crippen LogP contribution in [0.5, 0.6) is 0 Å². The summed E-state index contributed by atoms with van der Waals surface area (Å²) in [4.78, 5) is 42.3. The maximum absolute atomic E-state index is 13.6. The van der Waals surface area contributed by atoms with Crippen LogP contribution in [0.25, 0.3) is 0 Å². The number of imide groups is 1. The number of hydrogen-bond acceptors (Lipinski definition) is 7. The number of piperidine rings is 1. The Morgan fingerprint density at radius 1 is 1.17 bits per heavy atom. The van der Waals surface area contributed by atoms with Gasteiger partial charge in [0.15, 0.2) is 0 Å². The molecule has 3 heterocycles. The van der Waals surface area contributed by atoms with E-state index in [0.717, 1.165) is 11.3 Å². The number of carbonyl (C=O) groups is 3. The van der Waals surface area contributed by atoms with Crippen LogP contribution in [0, 0.1) is 18.7 Å². The predicted molar refractivity (Wildman–Crippen MR) is 123 cm³/mol. The van der Waals surface area contributed by atoms with Crippen LogP contribution >= 0.6 is 0 Å². The topological polar surface area (TPSA) is 109 Å². The number of aryl methyl sites for hydroxylation is 1. The summed E-state index contributed by atoms with van der Waals surface area (Å²) in [5.74, 6) is -1.63. The van der Waals surface area contributed by atoms with Gasteiger partial charge in [-0.05, 0) is 49.6 Å². The Bertz CT molecular complexity index is 1310. The molecule has 1 saturated heterocycles. The van der Waals surface area contributed by atoms with Crippen molar-refractivity contribution in [2.45, 2.75) is 32.9 Å². The van der Waals surface area contributed by atoms with E-state index in [4.69, 9.17) is 0 Å². The number of nitrogens with one attached hydrogen (secondary N) is 1. The number of hydrogen-bond donors (Lipinski definition) is 1. The molecule has 1 aromatic heterocycles. The number of anilines is 1. The zero-order chi connectivity index (χ0) is 24.5. The van der Waals surface area contributed by atoms with Crippen LogP contribution in [0.15, 0.2) is 47.1 Å². The molecule has 3 aromatic rings. The maximum Gasteiger partial charge on any atom is 0.263 e. The average Bonchev–Trinajstić information content (AvgIpc) is 3.38. The Morgan fingerprint density at radius 2 is 2.00 bits per heavy atom. The molecule has 1 atom stereocenters. The largest absolute Gasteiger partial charge is 0.370 e. The Balaban J connectivity index is 1.33. The fraction of sp³-hybridized carbons (Fsp3) is 0.320. The third-order valence-corrected chi connectivity index (χ3v) is 6.52. The second kappa shape index (κ2) is 9.28. The van der Waals surface area contributed by atoms with E-state index in [1.54, 1.807) is 37.3 Å². The lowest BCUT2D eigenvalue weighted by atomic mass is 9.95. The van der Waals surface area contributed by atoms with E-state index >= 15 is 0 Å². The summed E-state index contributed by atoms with van der Waals surface area (Å²) in [6.07, 6.45) is 1.48. The Morgan fingerprint density at radius 3 is 2.77 bits per heavy atom. The van der Waals surface area contributed by atoms with Gasteiger partial charge in [0.25, 0.3) is 11.8 Å². The van der Waals surface area contributed by atoms with E-state index in [0.29, 0.717) is 53.3 Å². The van der Waals surface area contributed by atoms with Crippen molar-refractivity contribution in [1.82, 2.24) is 20.5 Å². The first kappa shape index (κ1) is 22.7. The summed E-state index contributed by atoms with van der Waals surface area (Å²) < 4.78 is 18.3. The average molecular weight is 477 g/mol. The minimum Gasteiger partial charge on any atom is -0.370 e. The minimum absolute atomic E-state index is 0.00903. The Labute approximate surface area is 200 Å². The highest BCUT2D eigenvalue weighted by atomic mass is 19.1. The van der Waals surface area contributed by atoms with Gasteiger partial charge in [-0.1, -0.05) is 28.5 Å². The van der Waals surface area contributed by atoms with Crippen LogP contribution in [0.4, 0.5) is 10.1 Å². The van der Waals surface area contributed by atoms with E-state index in [2.05, 4.69) is 20.3 Å². The van der Waals surface area contributed by atoms with Crippen LogP contribution in [-0.2, 0) is 17.9 Å². The molecule has 0 spiro atoms. The Kier molecular flexibility index (Phi) is 6.02. The Hall–Kier alpha value is -4.08. The number of fused-ring (bicyclic) bond motifs is 1. The highest BCUT2D eigenvalue weighted by Gasteiger charge is 2.39. The summed E-state index contributed by atoms with van der Waals surface area (Å²) >= 11 is 0. The summed E-state index contributed by atoms with van der Waals surface area (Å²) in [6.45, 7) is 3.06. The number of nitrogens with zero attached hydrogens (tertiary/aromatic N) is 4. The van der Waals surface area contributed by atoms with Gasteiger partial charge in [0, 0.05) is 13.1 Å². The lowest BCUT2D eigenvalue weighted by Crippen LogP contribution is -2.43. The van der Waals surface area contributed by atoms with E-state index < -0.39 is 17.6 Å². The van der Waals surface area contributed by atoms with Gasteiger partial charge in [0.1, 0.15) is 17.2 Å². The molecule has 180 valence electrons. The lowest BCUT2D eigenvalue weighted by molar-refractivity contribution is -0.125. The molecule has 0 aliphatic carbocycles. The smallest absolute Gasteiger partial charge is 0.263 e. The number of rotatable bonds is 6. The van der Waals surface area contributed by atoms with Gasteiger partial charge in [-0.2, -0.15) is 0 Å². The number of benzene rings is 2.